The first-order valence-corrected chi connectivity index (χ1v) is 17.4. The van der Waals surface area contributed by atoms with Gasteiger partial charge in [-0.05, 0) is 82.9 Å². The summed E-state index contributed by atoms with van der Waals surface area (Å²) in [5.41, 5.74) is 3.49. The van der Waals surface area contributed by atoms with Gasteiger partial charge in [-0.25, -0.2) is 13.6 Å². The second kappa shape index (κ2) is 15.4. The zero-order valence-electron chi connectivity index (χ0n) is 27.1. The molecule has 0 aromatic heterocycles. The number of carboxylic acids is 1. The quantitative estimate of drug-likeness (QED) is 0.192. The highest BCUT2D eigenvalue weighted by atomic mass is 79.9. The second-order valence-electron chi connectivity index (χ2n) is 13.0. The molecule has 4 unspecified atom stereocenters. The standard InChI is InChI=1S/C37H38BrF2N3O7/c38-28-14-11-24(39)16-31(28)50-15-3-4-21-7-9-22(10-8-21)27-17-25-19-42(36(47)33(44)34(45)37(48)49)20-30(41-25)32(27)35(46)43(26-12-13-26)18-23-5-1-2-6-29(23)40/h1-2,5-11,14,16,25-26,30,33-34,41,44-45H,3-4,12-13,15,17-20H2,(H,48,49). The van der Waals surface area contributed by atoms with Crippen LogP contribution in [0.5, 0.6) is 5.75 Å². The van der Waals surface area contributed by atoms with Crippen molar-refractivity contribution in [2.45, 2.75) is 69.0 Å². The lowest BCUT2D eigenvalue weighted by atomic mass is 9.82. The largest absolute Gasteiger partial charge is 0.492 e. The Balaban J connectivity index is 1.25. The molecular formula is C37H38BrF2N3O7. The first-order valence-electron chi connectivity index (χ1n) is 16.6. The number of aliphatic carboxylic acids is 1. The van der Waals surface area contributed by atoms with E-state index in [1.165, 1.54) is 23.1 Å². The van der Waals surface area contributed by atoms with Crippen LogP contribution in [0.3, 0.4) is 0 Å². The smallest absolute Gasteiger partial charge is 0.335 e. The molecule has 1 saturated heterocycles. The fourth-order valence-electron chi connectivity index (χ4n) is 6.64. The predicted octanol–water partition coefficient (Wildman–Crippen LogP) is 4.06. The molecule has 3 aromatic rings. The van der Waals surface area contributed by atoms with Crippen molar-refractivity contribution in [3.05, 3.63) is 105 Å². The van der Waals surface area contributed by atoms with Gasteiger partial charge in [0.25, 0.3) is 11.8 Å². The number of benzene rings is 3. The molecule has 2 amide bonds. The average molecular weight is 755 g/mol. The number of hydrogen-bond donors (Lipinski definition) is 4. The first-order chi connectivity index (χ1) is 24.0. The molecule has 2 fully saturated rings. The third kappa shape index (κ3) is 8.07. The van der Waals surface area contributed by atoms with Gasteiger partial charge in [0.05, 0.1) is 17.1 Å². The first kappa shape index (κ1) is 35.6. The molecule has 3 aromatic carbocycles. The minimum atomic E-state index is -2.29. The van der Waals surface area contributed by atoms with Crippen LogP contribution in [0.1, 0.15) is 42.4 Å². The Morgan fingerprint density at radius 2 is 1.74 bits per heavy atom. The molecule has 1 saturated carbocycles. The monoisotopic (exact) mass is 753 g/mol. The predicted molar refractivity (Wildman–Crippen MR) is 183 cm³/mol. The van der Waals surface area contributed by atoms with Crippen LogP contribution in [-0.2, 0) is 27.3 Å². The van der Waals surface area contributed by atoms with Crippen molar-refractivity contribution in [1.82, 2.24) is 15.1 Å². The van der Waals surface area contributed by atoms with E-state index < -0.39 is 35.9 Å². The van der Waals surface area contributed by atoms with Gasteiger partial charge < -0.3 is 35.2 Å². The lowest BCUT2D eigenvalue weighted by molar-refractivity contribution is -0.163. The topological polar surface area (TPSA) is 140 Å². The van der Waals surface area contributed by atoms with E-state index in [1.54, 1.807) is 29.2 Å². The zero-order valence-corrected chi connectivity index (χ0v) is 28.7. The van der Waals surface area contributed by atoms with Crippen molar-refractivity contribution in [2.24, 2.45) is 0 Å². The molecule has 10 nitrogen and oxygen atoms in total. The molecule has 1 aliphatic carbocycles. The molecule has 50 heavy (non-hydrogen) atoms. The number of halogens is 3. The molecule has 264 valence electrons. The van der Waals surface area contributed by atoms with E-state index in [0.717, 1.165) is 29.5 Å². The van der Waals surface area contributed by atoms with Gasteiger partial charge in [0.1, 0.15) is 17.4 Å². The van der Waals surface area contributed by atoms with Gasteiger partial charge in [-0.1, -0.05) is 42.5 Å². The van der Waals surface area contributed by atoms with Crippen molar-refractivity contribution < 1.29 is 43.2 Å². The summed E-state index contributed by atoms with van der Waals surface area (Å²) in [6.45, 7) is 0.545. The molecule has 2 aliphatic heterocycles. The van der Waals surface area contributed by atoms with Gasteiger partial charge in [-0.2, -0.15) is 0 Å². The van der Waals surface area contributed by atoms with Gasteiger partial charge in [-0.3, -0.25) is 9.59 Å². The second-order valence-corrected chi connectivity index (χ2v) is 13.8. The number of rotatable bonds is 13. The van der Waals surface area contributed by atoms with Crippen LogP contribution in [0.2, 0.25) is 0 Å². The van der Waals surface area contributed by atoms with E-state index in [9.17, 15) is 33.4 Å². The molecule has 2 bridgehead atoms. The van der Waals surface area contributed by atoms with Gasteiger partial charge in [0, 0.05) is 48.9 Å². The molecule has 0 spiro atoms. The maximum Gasteiger partial charge on any atom is 0.335 e. The van der Waals surface area contributed by atoms with E-state index in [0.29, 0.717) is 47.2 Å². The number of ether oxygens (including phenoxy) is 1. The summed E-state index contributed by atoms with van der Waals surface area (Å²) in [7, 11) is 0. The summed E-state index contributed by atoms with van der Waals surface area (Å²) in [5.74, 6) is -3.30. The van der Waals surface area contributed by atoms with Crippen molar-refractivity contribution in [1.29, 1.82) is 0 Å². The maximum absolute atomic E-state index is 14.8. The van der Waals surface area contributed by atoms with Crippen LogP contribution in [0.4, 0.5) is 8.78 Å². The summed E-state index contributed by atoms with van der Waals surface area (Å²) < 4.78 is 34.8. The summed E-state index contributed by atoms with van der Waals surface area (Å²) in [5, 5.41) is 32.8. The van der Waals surface area contributed by atoms with Gasteiger partial charge >= 0.3 is 5.97 Å². The Kier molecular flexibility index (Phi) is 11.0. The fraction of sp³-hybridized carbons (Fsp3) is 0.378. The number of aryl methyl sites for hydroxylation is 1. The third-order valence-electron chi connectivity index (χ3n) is 9.36. The molecule has 6 rings (SSSR count). The van der Waals surface area contributed by atoms with E-state index in [2.05, 4.69) is 21.2 Å². The number of aliphatic hydroxyl groups is 2. The third-order valence-corrected chi connectivity index (χ3v) is 10.0. The van der Waals surface area contributed by atoms with Crippen LogP contribution in [0.25, 0.3) is 5.57 Å². The molecular weight excluding hydrogens is 716 g/mol. The Bertz CT molecular complexity index is 1780. The van der Waals surface area contributed by atoms with Gasteiger partial charge in [0.2, 0.25) is 0 Å². The Morgan fingerprint density at radius 3 is 2.44 bits per heavy atom. The lowest BCUT2D eigenvalue weighted by Gasteiger charge is -2.45. The highest BCUT2D eigenvalue weighted by Crippen LogP contribution is 2.38. The Morgan fingerprint density at radius 1 is 1.00 bits per heavy atom. The maximum atomic E-state index is 14.8. The summed E-state index contributed by atoms with van der Waals surface area (Å²) in [4.78, 5) is 42.0. The van der Waals surface area contributed by atoms with E-state index >= 15 is 0 Å². The number of carbonyl (C=O) groups excluding carboxylic acids is 2. The summed E-state index contributed by atoms with van der Waals surface area (Å²) in [6, 6.07) is 17.4. The molecule has 4 atom stereocenters. The number of piperazine rings is 1. The molecule has 3 aliphatic rings. The zero-order chi connectivity index (χ0) is 35.5. The summed E-state index contributed by atoms with van der Waals surface area (Å²) in [6.07, 6.45) is -1.15. The number of hydrogen-bond acceptors (Lipinski definition) is 7. The number of aliphatic hydroxyl groups excluding tert-OH is 2. The minimum absolute atomic E-state index is 0.0407. The number of carboxylic acid groups (broad SMARTS) is 1. The highest BCUT2D eigenvalue weighted by Gasteiger charge is 2.45. The Labute approximate surface area is 296 Å². The van der Waals surface area contributed by atoms with E-state index in [1.807, 2.05) is 24.3 Å². The van der Waals surface area contributed by atoms with Crippen molar-refractivity contribution in [3.63, 3.8) is 0 Å². The normalized spacial score (nSPS) is 19.9. The van der Waals surface area contributed by atoms with Crippen LogP contribution in [0, 0.1) is 11.6 Å². The average Bonchev–Trinajstić information content (AvgIpc) is 3.95. The molecule has 2 heterocycles. The molecule has 13 heteroatoms. The SMILES string of the molecule is O=C(O)C(O)C(O)C(=O)N1CC2CC(c3ccc(CCCOc4cc(F)ccc4Br)cc3)=C(C(=O)N(Cc3ccccc3F)C3CC3)C(C1)N2. The lowest BCUT2D eigenvalue weighted by Crippen LogP contribution is -2.64. The summed E-state index contributed by atoms with van der Waals surface area (Å²) >= 11 is 3.37. The van der Waals surface area contributed by atoms with Crippen molar-refractivity contribution in [2.75, 3.05) is 19.7 Å². The van der Waals surface area contributed by atoms with Crippen LogP contribution >= 0.6 is 15.9 Å². The minimum Gasteiger partial charge on any atom is -0.492 e. The van der Waals surface area contributed by atoms with Crippen LogP contribution < -0.4 is 10.1 Å². The number of nitrogens with one attached hydrogen (secondary N) is 1. The number of amides is 2. The van der Waals surface area contributed by atoms with Crippen molar-refractivity contribution >= 4 is 39.3 Å². The van der Waals surface area contributed by atoms with Crippen molar-refractivity contribution in [3.8, 4) is 5.75 Å². The van der Waals surface area contributed by atoms with E-state index in [-0.39, 0.29) is 43.4 Å². The Hall–Kier alpha value is -4.17. The van der Waals surface area contributed by atoms with Gasteiger partial charge in [-0.15, -0.1) is 0 Å². The number of nitrogens with zero attached hydrogens (tertiary/aromatic N) is 2. The van der Waals surface area contributed by atoms with Crippen LogP contribution in [-0.4, -0.2) is 92.9 Å². The fourth-order valence-corrected chi connectivity index (χ4v) is 7.00. The highest BCUT2D eigenvalue weighted by molar-refractivity contribution is 9.10. The van der Waals surface area contributed by atoms with Gasteiger partial charge in [0.15, 0.2) is 12.2 Å². The molecule has 4 N–H and O–H groups in total. The van der Waals surface area contributed by atoms with E-state index in [4.69, 9.17) is 9.84 Å². The number of fused-ring (bicyclic) bond motifs is 2. The number of carbonyl (C=O) groups is 3. The van der Waals surface area contributed by atoms with Crippen LogP contribution in [0.15, 0.2) is 76.8 Å². The molecule has 0 radical (unpaired) electrons.